The molecule has 0 saturated heterocycles. The minimum Gasteiger partial charge on any atom is -0.481 e. The third-order valence-corrected chi connectivity index (χ3v) is 3.26. The van der Waals surface area contributed by atoms with Crippen molar-refractivity contribution in [1.29, 1.82) is 0 Å². The molecule has 0 atom stereocenters. The zero-order valence-electron chi connectivity index (χ0n) is 8.58. The van der Waals surface area contributed by atoms with Crippen LogP contribution in [0.1, 0.15) is 30.7 Å². The summed E-state index contributed by atoms with van der Waals surface area (Å²) in [4.78, 5) is 10.7. The normalized spacial score (nSPS) is 18.1. The Balaban J connectivity index is 2.30. The second-order valence-corrected chi connectivity index (χ2v) is 4.27. The van der Waals surface area contributed by atoms with Crippen LogP contribution in [0.3, 0.4) is 0 Å². The van der Waals surface area contributed by atoms with Gasteiger partial charge in [0.1, 0.15) is 0 Å². The van der Waals surface area contributed by atoms with Gasteiger partial charge in [-0.1, -0.05) is 0 Å². The molecular weight excluding hydrogens is 178 g/mol. The molecule has 3 nitrogen and oxygen atoms in total. The van der Waals surface area contributed by atoms with Crippen molar-refractivity contribution in [3.05, 3.63) is 23.5 Å². The molecule has 0 amide bonds. The summed E-state index contributed by atoms with van der Waals surface area (Å²) in [5, 5.41) is 8.84. The van der Waals surface area contributed by atoms with Crippen LogP contribution in [0.25, 0.3) is 0 Å². The zero-order valence-corrected chi connectivity index (χ0v) is 8.58. The first-order valence-corrected chi connectivity index (χ1v) is 4.90. The monoisotopic (exact) mass is 193 g/mol. The van der Waals surface area contributed by atoms with E-state index in [0.717, 1.165) is 12.8 Å². The number of hydrogen-bond donors (Lipinski definition) is 1. The van der Waals surface area contributed by atoms with Crippen LogP contribution in [-0.4, -0.2) is 15.6 Å². The summed E-state index contributed by atoms with van der Waals surface area (Å²) in [6.45, 7) is 2.04. The number of aromatic nitrogens is 1. The van der Waals surface area contributed by atoms with Gasteiger partial charge in [-0.25, -0.2) is 0 Å². The largest absolute Gasteiger partial charge is 0.481 e. The third-order valence-electron chi connectivity index (χ3n) is 3.26. The van der Waals surface area contributed by atoms with E-state index < -0.39 is 5.97 Å². The van der Waals surface area contributed by atoms with Crippen molar-refractivity contribution < 1.29 is 9.90 Å². The van der Waals surface area contributed by atoms with E-state index in [1.807, 2.05) is 14.0 Å². The van der Waals surface area contributed by atoms with E-state index in [0.29, 0.717) is 0 Å². The van der Waals surface area contributed by atoms with Gasteiger partial charge >= 0.3 is 5.97 Å². The van der Waals surface area contributed by atoms with Crippen LogP contribution in [0.5, 0.6) is 0 Å². The lowest BCUT2D eigenvalue weighted by Crippen LogP contribution is -2.16. The molecule has 0 bridgehead atoms. The smallest absolute Gasteiger partial charge is 0.304 e. The summed E-state index contributed by atoms with van der Waals surface area (Å²) in [6.07, 6.45) is 2.29. The number of hydrogen-bond acceptors (Lipinski definition) is 1. The Morgan fingerprint density at radius 1 is 1.57 bits per heavy atom. The highest BCUT2D eigenvalue weighted by Gasteiger charge is 2.47. The molecule has 0 aliphatic heterocycles. The van der Waals surface area contributed by atoms with Gasteiger partial charge in [0, 0.05) is 23.9 Å². The highest BCUT2D eigenvalue weighted by molar-refractivity contribution is 5.69. The lowest BCUT2D eigenvalue weighted by Gasteiger charge is -2.14. The molecule has 2 rings (SSSR count). The third kappa shape index (κ3) is 1.33. The molecule has 0 spiro atoms. The molecule has 76 valence electrons. The van der Waals surface area contributed by atoms with E-state index in [-0.39, 0.29) is 11.8 Å². The Labute approximate surface area is 83.4 Å². The molecule has 1 aliphatic rings. The van der Waals surface area contributed by atoms with E-state index >= 15 is 0 Å². The van der Waals surface area contributed by atoms with Crippen molar-refractivity contribution in [3.8, 4) is 0 Å². The van der Waals surface area contributed by atoms with Crippen molar-refractivity contribution in [1.82, 2.24) is 4.57 Å². The topological polar surface area (TPSA) is 42.2 Å². The summed E-state index contributed by atoms with van der Waals surface area (Å²) in [5.74, 6) is -0.693. The lowest BCUT2D eigenvalue weighted by atomic mass is 9.98. The minimum atomic E-state index is -0.693. The van der Waals surface area contributed by atoms with E-state index in [9.17, 15) is 4.79 Å². The van der Waals surface area contributed by atoms with Gasteiger partial charge in [-0.3, -0.25) is 4.79 Å². The first-order chi connectivity index (χ1) is 6.55. The van der Waals surface area contributed by atoms with E-state index in [1.54, 1.807) is 0 Å². The standard InChI is InChI=1S/C11H15NO2/c1-8-3-4-9(12(8)2)11(5-6-11)7-10(13)14/h3-4H,5-7H2,1-2H3,(H,13,14). The first kappa shape index (κ1) is 9.31. The Kier molecular flexibility index (Phi) is 1.91. The molecule has 1 N–H and O–H groups in total. The average molecular weight is 193 g/mol. The van der Waals surface area contributed by atoms with Crippen LogP contribution in [-0.2, 0) is 17.3 Å². The molecule has 1 aromatic rings. The number of nitrogens with zero attached hydrogens (tertiary/aromatic N) is 1. The molecule has 0 aromatic carbocycles. The van der Waals surface area contributed by atoms with E-state index in [1.165, 1.54) is 11.4 Å². The van der Waals surface area contributed by atoms with Crippen LogP contribution in [0, 0.1) is 6.92 Å². The number of rotatable bonds is 3. The Hall–Kier alpha value is -1.25. The van der Waals surface area contributed by atoms with Crippen molar-refractivity contribution in [2.24, 2.45) is 7.05 Å². The van der Waals surface area contributed by atoms with E-state index in [2.05, 4.69) is 16.7 Å². The lowest BCUT2D eigenvalue weighted by molar-refractivity contribution is -0.137. The molecule has 1 aliphatic carbocycles. The van der Waals surface area contributed by atoms with Crippen LogP contribution in [0.2, 0.25) is 0 Å². The summed E-state index contributed by atoms with van der Waals surface area (Å²) < 4.78 is 2.11. The number of carbonyl (C=O) groups is 1. The van der Waals surface area contributed by atoms with Gasteiger partial charge in [-0.05, 0) is 31.9 Å². The minimum absolute atomic E-state index is 0.0607. The van der Waals surface area contributed by atoms with Gasteiger partial charge in [0.25, 0.3) is 0 Å². The van der Waals surface area contributed by atoms with Crippen molar-refractivity contribution in [3.63, 3.8) is 0 Å². The van der Waals surface area contributed by atoms with Crippen LogP contribution >= 0.6 is 0 Å². The maximum Gasteiger partial charge on any atom is 0.304 e. The molecule has 1 fully saturated rings. The number of carboxylic acid groups (broad SMARTS) is 1. The molecule has 0 radical (unpaired) electrons. The number of carboxylic acids is 1. The fourth-order valence-corrected chi connectivity index (χ4v) is 2.11. The average Bonchev–Trinajstić information content (AvgIpc) is 2.76. The molecule has 14 heavy (non-hydrogen) atoms. The SMILES string of the molecule is Cc1ccc(C2(CC(=O)O)CC2)n1C. The quantitative estimate of drug-likeness (QED) is 0.795. The predicted octanol–water partition coefficient (Wildman–Crippen LogP) is 1.84. The highest BCUT2D eigenvalue weighted by atomic mass is 16.4. The Bertz CT molecular complexity index is 375. The fourth-order valence-electron chi connectivity index (χ4n) is 2.11. The van der Waals surface area contributed by atoms with Gasteiger partial charge in [-0.15, -0.1) is 0 Å². The summed E-state index contributed by atoms with van der Waals surface area (Å²) >= 11 is 0. The van der Waals surface area contributed by atoms with Crippen molar-refractivity contribution in [2.75, 3.05) is 0 Å². The molecule has 1 aromatic heterocycles. The Morgan fingerprint density at radius 3 is 2.57 bits per heavy atom. The van der Waals surface area contributed by atoms with Crippen LogP contribution in [0.4, 0.5) is 0 Å². The van der Waals surface area contributed by atoms with Crippen LogP contribution in [0.15, 0.2) is 12.1 Å². The molecular formula is C11H15NO2. The molecule has 1 heterocycles. The number of aryl methyl sites for hydroxylation is 1. The second kappa shape index (κ2) is 2.87. The van der Waals surface area contributed by atoms with Crippen molar-refractivity contribution in [2.45, 2.75) is 31.6 Å². The van der Waals surface area contributed by atoms with E-state index in [4.69, 9.17) is 5.11 Å². The summed E-state index contributed by atoms with van der Waals surface area (Å²) in [5.41, 5.74) is 2.31. The summed E-state index contributed by atoms with van der Waals surface area (Å²) in [7, 11) is 2.01. The maximum atomic E-state index is 10.7. The maximum absolute atomic E-state index is 10.7. The molecule has 3 heteroatoms. The van der Waals surface area contributed by atoms with Gasteiger partial charge in [0.2, 0.25) is 0 Å². The second-order valence-electron chi connectivity index (χ2n) is 4.27. The predicted molar refractivity (Wildman–Crippen MR) is 53.3 cm³/mol. The summed E-state index contributed by atoms with van der Waals surface area (Å²) in [6, 6.07) is 4.11. The zero-order chi connectivity index (χ0) is 10.3. The Morgan fingerprint density at radius 2 is 2.21 bits per heavy atom. The van der Waals surface area contributed by atoms with Crippen LogP contribution < -0.4 is 0 Å². The highest BCUT2D eigenvalue weighted by Crippen LogP contribution is 2.51. The molecule has 1 saturated carbocycles. The first-order valence-electron chi connectivity index (χ1n) is 4.90. The van der Waals surface area contributed by atoms with Gasteiger partial charge in [0.05, 0.1) is 6.42 Å². The van der Waals surface area contributed by atoms with Crippen molar-refractivity contribution >= 4 is 5.97 Å². The van der Waals surface area contributed by atoms with Gasteiger partial charge in [-0.2, -0.15) is 0 Å². The number of aliphatic carboxylic acids is 1. The molecule has 0 unspecified atom stereocenters. The van der Waals surface area contributed by atoms with Gasteiger partial charge < -0.3 is 9.67 Å². The van der Waals surface area contributed by atoms with Gasteiger partial charge in [0.15, 0.2) is 0 Å². The fraction of sp³-hybridized carbons (Fsp3) is 0.545.